The number of rotatable bonds is 4. The van der Waals surface area contributed by atoms with Crippen LogP contribution >= 0.6 is 11.6 Å². The summed E-state index contributed by atoms with van der Waals surface area (Å²) in [7, 11) is 0. The summed E-state index contributed by atoms with van der Waals surface area (Å²) >= 11 is 6.46. The Labute approximate surface area is 125 Å². The molecule has 0 aromatic heterocycles. The minimum atomic E-state index is -0.166. The third-order valence-corrected chi connectivity index (χ3v) is 4.22. The zero-order chi connectivity index (χ0) is 14.5. The molecule has 1 heterocycles. The molecule has 20 heavy (non-hydrogen) atoms. The van der Waals surface area contributed by atoms with E-state index in [-0.39, 0.29) is 17.3 Å². The normalized spacial score (nSPS) is 20.6. The zero-order valence-electron chi connectivity index (χ0n) is 12.1. The van der Waals surface area contributed by atoms with Gasteiger partial charge in [0.1, 0.15) is 12.4 Å². The maximum Gasteiger partial charge on any atom is 0.219 e. The monoisotopic (exact) mass is 295 g/mol. The van der Waals surface area contributed by atoms with E-state index in [4.69, 9.17) is 16.3 Å². The van der Waals surface area contributed by atoms with Crippen LogP contribution in [-0.2, 0) is 4.79 Å². The van der Waals surface area contributed by atoms with Crippen molar-refractivity contribution in [2.24, 2.45) is 0 Å². The van der Waals surface area contributed by atoms with Gasteiger partial charge in [-0.15, -0.1) is 11.6 Å². The molecule has 1 aromatic carbocycles. The standard InChI is InChI=1S/C16H22ClNO2/c1-12-6-8-14(9-7-12)20-11-15(17)16-5-3-4-10-18(16)13(2)19/h6-9,15-16H,3-5,10-11H2,1-2H3/t15-,16+/m1/s1. The van der Waals surface area contributed by atoms with Crippen molar-refractivity contribution >= 4 is 17.5 Å². The van der Waals surface area contributed by atoms with Crippen LogP contribution in [0.4, 0.5) is 0 Å². The van der Waals surface area contributed by atoms with Gasteiger partial charge in [-0.3, -0.25) is 4.79 Å². The predicted molar refractivity (Wildman–Crippen MR) is 81.3 cm³/mol. The highest BCUT2D eigenvalue weighted by atomic mass is 35.5. The van der Waals surface area contributed by atoms with Gasteiger partial charge in [-0.05, 0) is 38.3 Å². The molecule has 1 saturated heterocycles. The smallest absolute Gasteiger partial charge is 0.219 e. The molecule has 0 radical (unpaired) electrons. The van der Waals surface area contributed by atoms with E-state index >= 15 is 0 Å². The summed E-state index contributed by atoms with van der Waals surface area (Å²) in [5.74, 6) is 0.933. The lowest BCUT2D eigenvalue weighted by molar-refractivity contribution is -0.132. The topological polar surface area (TPSA) is 29.5 Å². The van der Waals surface area contributed by atoms with Crippen molar-refractivity contribution in [1.82, 2.24) is 4.90 Å². The Morgan fingerprint density at radius 1 is 1.40 bits per heavy atom. The molecule has 110 valence electrons. The van der Waals surface area contributed by atoms with Crippen LogP contribution in [0.3, 0.4) is 0 Å². The van der Waals surface area contributed by atoms with Crippen LogP contribution in [0.15, 0.2) is 24.3 Å². The molecule has 0 spiro atoms. The second kappa shape index (κ2) is 6.98. The first-order valence-electron chi connectivity index (χ1n) is 7.18. The number of carbonyl (C=O) groups excluding carboxylic acids is 1. The van der Waals surface area contributed by atoms with E-state index in [0.717, 1.165) is 31.6 Å². The molecule has 0 bridgehead atoms. The molecule has 0 aliphatic carbocycles. The SMILES string of the molecule is CC(=O)N1CCCC[C@H]1[C@H](Cl)COc1ccc(C)cc1. The van der Waals surface area contributed by atoms with E-state index in [2.05, 4.69) is 0 Å². The number of carbonyl (C=O) groups is 1. The summed E-state index contributed by atoms with van der Waals surface area (Å²) < 4.78 is 5.73. The zero-order valence-corrected chi connectivity index (χ0v) is 12.9. The molecule has 0 unspecified atom stereocenters. The molecule has 2 atom stereocenters. The van der Waals surface area contributed by atoms with Crippen LogP contribution in [0.25, 0.3) is 0 Å². The molecule has 3 nitrogen and oxygen atoms in total. The summed E-state index contributed by atoms with van der Waals surface area (Å²) in [5.41, 5.74) is 1.20. The van der Waals surface area contributed by atoms with E-state index in [0.29, 0.717) is 6.61 Å². The van der Waals surface area contributed by atoms with Gasteiger partial charge >= 0.3 is 0 Å². The van der Waals surface area contributed by atoms with Gasteiger partial charge in [0.05, 0.1) is 11.4 Å². The van der Waals surface area contributed by atoms with Gasteiger partial charge in [0.25, 0.3) is 0 Å². The lowest BCUT2D eigenvalue weighted by atomic mass is 9.99. The number of halogens is 1. The molecule has 1 amide bonds. The first-order chi connectivity index (χ1) is 9.58. The Balaban J connectivity index is 1.91. The Morgan fingerprint density at radius 3 is 2.75 bits per heavy atom. The van der Waals surface area contributed by atoms with E-state index in [9.17, 15) is 4.79 Å². The molecule has 0 saturated carbocycles. The number of alkyl halides is 1. The third kappa shape index (κ3) is 3.89. The number of hydrogen-bond donors (Lipinski definition) is 0. The van der Waals surface area contributed by atoms with Gasteiger partial charge in [-0.2, -0.15) is 0 Å². The van der Waals surface area contributed by atoms with E-state index in [1.807, 2.05) is 36.1 Å². The van der Waals surface area contributed by atoms with Crippen LogP contribution in [0.5, 0.6) is 5.75 Å². The number of likely N-dealkylation sites (tertiary alicyclic amines) is 1. The van der Waals surface area contributed by atoms with Gasteiger partial charge < -0.3 is 9.64 Å². The fraction of sp³-hybridized carbons (Fsp3) is 0.562. The number of hydrogen-bond acceptors (Lipinski definition) is 2. The number of ether oxygens (including phenoxy) is 1. The number of nitrogens with zero attached hydrogens (tertiary/aromatic N) is 1. The maximum absolute atomic E-state index is 11.7. The quantitative estimate of drug-likeness (QED) is 0.797. The van der Waals surface area contributed by atoms with Crippen molar-refractivity contribution in [2.75, 3.05) is 13.2 Å². The summed E-state index contributed by atoms with van der Waals surface area (Å²) in [5, 5.41) is -0.166. The van der Waals surface area contributed by atoms with Crippen molar-refractivity contribution in [3.05, 3.63) is 29.8 Å². The molecule has 1 aliphatic heterocycles. The van der Waals surface area contributed by atoms with Crippen LogP contribution in [-0.4, -0.2) is 35.4 Å². The van der Waals surface area contributed by atoms with Gasteiger partial charge in [0.2, 0.25) is 5.91 Å². The average molecular weight is 296 g/mol. The summed E-state index contributed by atoms with van der Waals surface area (Å²) in [6.07, 6.45) is 3.16. The van der Waals surface area contributed by atoms with Crippen LogP contribution in [0.2, 0.25) is 0 Å². The first kappa shape index (κ1) is 15.2. The molecular weight excluding hydrogens is 274 g/mol. The fourth-order valence-corrected chi connectivity index (χ4v) is 2.97. The maximum atomic E-state index is 11.7. The van der Waals surface area contributed by atoms with Crippen molar-refractivity contribution in [1.29, 1.82) is 0 Å². The third-order valence-electron chi connectivity index (χ3n) is 3.80. The minimum Gasteiger partial charge on any atom is -0.492 e. The molecular formula is C16H22ClNO2. The van der Waals surface area contributed by atoms with Crippen molar-refractivity contribution in [3.8, 4) is 5.75 Å². The number of aryl methyl sites for hydroxylation is 1. The second-order valence-electron chi connectivity index (χ2n) is 5.42. The molecule has 1 aromatic rings. The number of amides is 1. The Kier molecular flexibility index (Phi) is 5.30. The Bertz CT molecular complexity index is 446. The van der Waals surface area contributed by atoms with Crippen LogP contribution in [0, 0.1) is 6.92 Å². The van der Waals surface area contributed by atoms with Gasteiger partial charge in [-0.1, -0.05) is 17.7 Å². The summed E-state index contributed by atoms with van der Waals surface area (Å²) in [4.78, 5) is 13.5. The Morgan fingerprint density at radius 2 is 2.10 bits per heavy atom. The fourth-order valence-electron chi connectivity index (χ4n) is 2.65. The van der Waals surface area contributed by atoms with Gasteiger partial charge in [0.15, 0.2) is 0 Å². The van der Waals surface area contributed by atoms with Crippen molar-refractivity contribution in [3.63, 3.8) is 0 Å². The summed E-state index contributed by atoms with van der Waals surface area (Å²) in [6, 6.07) is 8.01. The largest absolute Gasteiger partial charge is 0.492 e. The second-order valence-corrected chi connectivity index (χ2v) is 5.98. The molecule has 1 aliphatic rings. The number of benzene rings is 1. The van der Waals surface area contributed by atoms with Crippen LogP contribution in [0.1, 0.15) is 31.7 Å². The molecule has 0 N–H and O–H groups in total. The average Bonchev–Trinajstić information content (AvgIpc) is 2.46. The van der Waals surface area contributed by atoms with Crippen LogP contribution < -0.4 is 4.74 Å². The highest BCUT2D eigenvalue weighted by molar-refractivity contribution is 6.21. The highest BCUT2D eigenvalue weighted by Gasteiger charge is 2.30. The van der Waals surface area contributed by atoms with E-state index < -0.39 is 0 Å². The lowest BCUT2D eigenvalue weighted by Crippen LogP contribution is -2.48. The molecule has 2 rings (SSSR count). The highest BCUT2D eigenvalue weighted by Crippen LogP contribution is 2.24. The summed E-state index contributed by atoms with van der Waals surface area (Å²) in [6.45, 7) is 4.90. The van der Waals surface area contributed by atoms with E-state index in [1.165, 1.54) is 5.56 Å². The molecule has 1 fully saturated rings. The predicted octanol–water partition coefficient (Wildman–Crippen LogP) is 3.38. The van der Waals surface area contributed by atoms with Crippen molar-refractivity contribution < 1.29 is 9.53 Å². The van der Waals surface area contributed by atoms with Crippen molar-refractivity contribution in [2.45, 2.75) is 44.5 Å². The van der Waals surface area contributed by atoms with E-state index in [1.54, 1.807) is 6.92 Å². The minimum absolute atomic E-state index is 0.0911. The number of piperidine rings is 1. The first-order valence-corrected chi connectivity index (χ1v) is 7.62. The van der Waals surface area contributed by atoms with Gasteiger partial charge in [-0.25, -0.2) is 0 Å². The molecule has 4 heteroatoms. The lowest BCUT2D eigenvalue weighted by Gasteiger charge is -2.37. The Hall–Kier alpha value is -1.22. The van der Waals surface area contributed by atoms with Gasteiger partial charge in [0, 0.05) is 13.5 Å².